The van der Waals surface area contributed by atoms with Crippen LogP contribution in [0.3, 0.4) is 0 Å². The lowest BCUT2D eigenvalue weighted by molar-refractivity contribution is 0.0700. The third-order valence-electron chi connectivity index (χ3n) is 3.13. The zero-order valence-corrected chi connectivity index (χ0v) is 12.9. The minimum Gasteiger partial charge on any atom is -0.469 e. The van der Waals surface area contributed by atoms with Crippen molar-refractivity contribution >= 4 is 22.5 Å². The lowest BCUT2D eigenvalue weighted by atomic mass is 10.3. The maximum atomic E-state index is 12.2. The van der Waals surface area contributed by atoms with Crippen molar-refractivity contribution in [3.63, 3.8) is 0 Å². The minimum atomic E-state index is -0.296. The molecule has 1 aromatic rings. The molecule has 1 saturated heterocycles. The summed E-state index contributed by atoms with van der Waals surface area (Å²) in [5.74, 6) is 0. The van der Waals surface area contributed by atoms with E-state index in [-0.39, 0.29) is 12.3 Å². The highest BCUT2D eigenvalue weighted by atomic mass is 32.1. The number of anilines is 1. The predicted octanol–water partition coefficient (Wildman–Crippen LogP) is 1.95. The number of unbranched alkanes of at least 4 members (excludes halogenated alkanes) is 1. The molecule has 0 aromatic carbocycles. The average Bonchev–Trinajstić information content (AvgIpc) is 2.90. The van der Waals surface area contributed by atoms with Crippen molar-refractivity contribution in [1.29, 1.82) is 0 Å². The van der Waals surface area contributed by atoms with E-state index in [1.165, 1.54) is 16.2 Å². The van der Waals surface area contributed by atoms with E-state index in [0.29, 0.717) is 23.5 Å². The van der Waals surface area contributed by atoms with Gasteiger partial charge in [0.15, 0.2) is 0 Å². The number of carbonyl (C=O) groups excluding carboxylic acids is 1. The number of rotatable bonds is 6. The Bertz CT molecular complexity index is 454. The number of aromatic nitrogens is 2. The summed E-state index contributed by atoms with van der Waals surface area (Å²) in [6.45, 7) is 3.39. The first-order valence-corrected chi connectivity index (χ1v) is 7.52. The fraction of sp³-hybridized carbons (Fsp3) is 0.750. The van der Waals surface area contributed by atoms with Crippen molar-refractivity contribution in [3.8, 4) is 5.19 Å². The maximum absolute atomic E-state index is 12.2. The van der Waals surface area contributed by atoms with Crippen LogP contribution in [0.4, 0.5) is 9.93 Å². The van der Waals surface area contributed by atoms with E-state index in [1.54, 1.807) is 19.1 Å². The molecule has 0 radical (unpaired) electrons. The Kier molecular flexibility index (Phi) is 5.13. The fourth-order valence-electron chi connectivity index (χ4n) is 1.93. The maximum Gasteiger partial charge on any atom is 0.328 e. The molecule has 2 amide bonds. The molecule has 0 bridgehead atoms. The SMILES string of the molecule is CCCCOc1nnc(N2C(=O)N(C)CCC2OC)s1. The number of ether oxygens (including phenoxy) is 2. The molecule has 0 N–H and O–H groups in total. The van der Waals surface area contributed by atoms with Gasteiger partial charge in [0.05, 0.1) is 6.61 Å². The van der Waals surface area contributed by atoms with E-state index in [4.69, 9.17) is 9.47 Å². The van der Waals surface area contributed by atoms with Gasteiger partial charge in [-0.1, -0.05) is 18.4 Å². The molecule has 2 heterocycles. The topological polar surface area (TPSA) is 67.8 Å². The molecule has 8 heteroatoms. The van der Waals surface area contributed by atoms with Crippen molar-refractivity contribution in [2.75, 3.05) is 32.2 Å². The Morgan fingerprint density at radius 3 is 2.95 bits per heavy atom. The van der Waals surface area contributed by atoms with Gasteiger partial charge >= 0.3 is 6.03 Å². The summed E-state index contributed by atoms with van der Waals surface area (Å²) in [6, 6.07) is -0.126. The molecule has 1 unspecified atom stereocenters. The van der Waals surface area contributed by atoms with E-state index in [0.717, 1.165) is 19.3 Å². The first kappa shape index (κ1) is 15.0. The first-order chi connectivity index (χ1) is 9.67. The van der Waals surface area contributed by atoms with Crippen LogP contribution in [0.5, 0.6) is 5.19 Å². The summed E-state index contributed by atoms with van der Waals surface area (Å²) in [7, 11) is 3.36. The monoisotopic (exact) mass is 300 g/mol. The Balaban J connectivity index is 2.09. The summed E-state index contributed by atoms with van der Waals surface area (Å²) in [6.07, 6.45) is 2.48. The minimum absolute atomic E-state index is 0.126. The number of urea groups is 1. The molecule has 1 aliphatic rings. The zero-order valence-electron chi connectivity index (χ0n) is 12.0. The molecule has 0 saturated carbocycles. The second-order valence-electron chi connectivity index (χ2n) is 4.61. The van der Waals surface area contributed by atoms with E-state index in [9.17, 15) is 4.79 Å². The second-order valence-corrected chi connectivity index (χ2v) is 5.52. The summed E-state index contributed by atoms with van der Waals surface area (Å²) < 4.78 is 10.9. The normalized spacial score (nSPS) is 19.6. The van der Waals surface area contributed by atoms with Crippen molar-refractivity contribution in [3.05, 3.63) is 0 Å². The number of hydrogen-bond donors (Lipinski definition) is 0. The molecule has 1 aromatic heterocycles. The lowest BCUT2D eigenvalue weighted by Crippen LogP contribution is -2.54. The Morgan fingerprint density at radius 1 is 1.45 bits per heavy atom. The van der Waals surface area contributed by atoms with E-state index in [2.05, 4.69) is 17.1 Å². The molecule has 1 aliphatic heterocycles. The summed E-state index contributed by atoms with van der Waals surface area (Å²) in [4.78, 5) is 15.4. The lowest BCUT2D eigenvalue weighted by Gasteiger charge is -2.36. The van der Waals surface area contributed by atoms with Gasteiger partial charge in [0, 0.05) is 27.1 Å². The molecule has 1 fully saturated rings. The van der Waals surface area contributed by atoms with E-state index < -0.39 is 0 Å². The largest absolute Gasteiger partial charge is 0.469 e. The quantitative estimate of drug-likeness (QED) is 0.751. The summed E-state index contributed by atoms with van der Waals surface area (Å²) >= 11 is 1.27. The molecule has 7 nitrogen and oxygen atoms in total. The highest BCUT2D eigenvalue weighted by molar-refractivity contribution is 7.17. The third-order valence-corrected chi connectivity index (χ3v) is 3.96. The van der Waals surface area contributed by atoms with Gasteiger partial charge in [0.2, 0.25) is 5.13 Å². The van der Waals surface area contributed by atoms with Gasteiger partial charge in [0.25, 0.3) is 5.19 Å². The Morgan fingerprint density at radius 2 is 2.25 bits per heavy atom. The number of carbonyl (C=O) groups is 1. The van der Waals surface area contributed by atoms with Crippen molar-refractivity contribution < 1.29 is 14.3 Å². The molecule has 0 spiro atoms. The number of hydrogen-bond acceptors (Lipinski definition) is 6. The molecular weight excluding hydrogens is 280 g/mol. The van der Waals surface area contributed by atoms with Crippen LogP contribution in [-0.4, -0.2) is 54.7 Å². The van der Waals surface area contributed by atoms with Gasteiger partial charge in [-0.3, -0.25) is 0 Å². The third kappa shape index (κ3) is 3.18. The van der Waals surface area contributed by atoms with Gasteiger partial charge < -0.3 is 14.4 Å². The van der Waals surface area contributed by atoms with Crippen LogP contribution >= 0.6 is 11.3 Å². The Hall–Kier alpha value is -1.41. The van der Waals surface area contributed by atoms with Crippen LogP contribution in [0.2, 0.25) is 0 Å². The van der Waals surface area contributed by atoms with Crippen molar-refractivity contribution in [2.24, 2.45) is 0 Å². The van der Waals surface area contributed by atoms with Gasteiger partial charge in [0.1, 0.15) is 6.23 Å². The van der Waals surface area contributed by atoms with Gasteiger partial charge in [-0.25, -0.2) is 9.69 Å². The fourth-order valence-corrected chi connectivity index (χ4v) is 2.68. The highest BCUT2D eigenvalue weighted by Gasteiger charge is 2.35. The van der Waals surface area contributed by atoms with Crippen LogP contribution in [-0.2, 0) is 4.74 Å². The molecule has 112 valence electrons. The predicted molar refractivity (Wildman–Crippen MR) is 76.2 cm³/mol. The second kappa shape index (κ2) is 6.85. The smallest absolute Gasteiger partial charge is 0.328 e. The molecule has 1 atom stereocenters. The van der Waals surface area contributed by atoms with Crippen LogP contribution < -0.4 is 9.64 Å². The van der Waals surface area contributed by atoms with E-state index in [1.807, 2.05) is 0 Å². The number of amides is 2. The van der Waals surface area contributed by atoms with Crippen LogP contribution in [0.1, 0.15) is 26.2 Å². The van der Waals surface area contributed by atoms with Crippen molar-refractivity contribution in [1.82, 2.24) is 15.1 Å². The van der Waals surface area contributed by atoms with Crippen LogP contribution in [0, 0.1) is 0 Å². The molecule has 0 aliphatic carbocycles. The van der Waals surface area contributed by atoms with Gasteiger partial charge in [-0.2, -0.15) is 0 Å². The number of nitrogens with zero attached hydrogens (tertiary/aromatic N) is 4. The first-order valence-electron chi connectivity index (χ1n) is 6.70. The average molecular weight is 300 g/mol. The number of methoxy groups -OCH3 is 1. The summed E-state index contributed by atoms with van der Waals surface area (Å²) in [5.41, 5.74) is 0. The van der Waals surface area contributed by atoms with Crippen molar-refractivity contribution in [2.45, 2.75) is 32.4 Å². The molecular formula is C12H20N4O3S. The van der Waals surface area contributed by atoms with E-state index >= 15 is 0 Å². The highest BCUT2D eigenvalue weighted by Crippen LogP contribution is 2.30. The van der Waals surface area contributed by atoms with Crippen LogP contribution in [0.25, 0.3) is 0 Å². The Labute approximate surface area is 122 Å². The van der Waals surface area contributed by atoms with Gasteiger partial charge in [-0.15, -0.1) is 5.10 Å². The molecule has 2 rings (SSSR count). The zero-order chi connectivity index (χ0) is 14.5. The summed E-state index contributed by atoms with van der Waals surface area (Å²) in [5, 5.41) is 9.02. The van der Waals surface area contributed by atoms with Gasteiger partial charge in [-0.05, 0) is 17.8 Å². The molecule has 20 heavy (non-hydrogen) atoms. The van der Waals surface area contributed by atoms with Crippen LogP contribution in [0.15, 0.2) is 0 Å². The standard InChI is InChI=1S/C12H20N4O3S/c1-4-5-8-19-11-14-13-10(20-11)16-9(18-3)6-7-15(2)12(16)17/h9H,4-8H2,1-3H3.